The van der Waals surface area contributed by atoms with E-state index in [4.69, 9.17) is 10.5 Å². The van der Waals surface area contributed by atoms with E-state index in [-0.39, 0.29) is 24.8 Å². The number of nitrogen functional groups attached to an aromatic ring is 1. The SMILES string of the molecule is Cl.Cl.Nc1ccc(OC2CCNC2)cc1. The van der Waals surface area contributed by atoms with Crippen molar-refractivity contribution in [3.8, 4) is 5.75 Å². The highest BCUT2D eigenvalue weighted by Gasteiger charge is 2.15. The molecule has 5 heteroatoms. The summed E-state index contributed by atoms with van der Waals surface area (Å²) in [7, 11) is 0. The number of rotatable bonds is 2. The van der Waals surface area contributed by atoms with E-state index in [0.717, 1.165) is 30.9 Å². The first kappa shape index (κ1) is 14.4. The van der Waals surface area contributed by atoms with Gasteiger partial charge in [-0.2, -0.15) is 0 Å². The Hall–Kier alpha value is -0.640. The first-order valence-electron chi connectivity index (χ1n) is 4.57. The van der Waals surface area contributed by atoms with Crippen molar-refractivity contribution >= 4 is 30.5 Å². The van der Waals surface area contributed by atoms with Crippen molar-refractivity contribution in [2.24, 2.45) is 0 Å². The van der Waals surface area contributed by atoms with Gasteiger partial charge in [0.15, 0.2) is 0 Å². The normalized spacial score (nSPS) is 18.8. The van der Waals surface area contributed by atoms with E-state index in [1.807, 2.05) is 24.3 Å². The first-order valence-corrected chi connectivity index (χ1v) is 4.57. The molecule has 0 bridgehead atoms. The number of anilines is 1. The molecule has 15 heavy (non-hydrogen) atoms. The minimum atomic E-state index is 0. The van der Waals surface area contributed by atoms with Crippen LogP contribution in [-0.4, -0.2) is 19.2 Å². The topological polar surface area (TPSA) is 47.3 Å². The molecule has 3 nitrogen and oxygen atoms in total. The number of benzene rings is 1. The van der Waals surface area contributed by atoms with Crippen LogP contribution in [0.4, 0.5) is 5.69 Å². The van der Waals surface area contributed by atoms with Crippen molar-refractivity contribution in [2.75, 3.05) is 18.8 Å². The van der Waals surface area contributed by atoms with Crippen molar-refractivity contribution in [3.63, 3.8) is 0 Å². The summed E-state index contributed by atoms with van der Waals surface area (Å²) in [5.74, 6) is 0.905. The van der Waals surface area contributed by atoms with Crippen LogP contribution < -0.4 is 15.8 Å². The lowest BCUT2D eigenvalue weighted by Gasteiger charge is -2.11. The monoisotopic (exact) mass is 250 g/mol. The zero-order valence-corrected chi connectivity index (χ0v) is 9.94. The van der Waals surface area contributed by atoms with Gasteiger partial charge in [-0.05, 0) is 37.2 Å². The Bertz CT molecular complexity index is 273. The lowest BCUT2D eigenvalue weighted by Crippen LogP contribution is -2.19. The van der Waals surface area contributed by atoms with E-state index >= 15 is 0 Å². The minimum Gasteiger partial charge on any atom is -0.489 e. The molecule has 1 aliphatic rings. The van der Waals surface area contributed by atoms with Crippen LogP contribution in [0, 0.1) is 0 Å². The van der Waals surface area contributed by atoms with Gasteiger partial charge >= 0.3 is 0 Å². The Labute approximate surface area is 102 Å². The highest BCUT2D eigenvalue weighted by molar-refractivity contribution is 5.85. The second-order valence-electron chi connectivity index (χ2n) is 3.30. The highest BCUT2D eigenvalue weighted by Crippen LogP contribution is 2.16. The fourth-order valence-corrected chi connectivity index (χ4v) is 1.47. The largest absolute Gasteiger partial charge is 0.489 e. The first-order chi connectivity index (χ1) is 6.34. The number of nitrogens with two attached hydrogens (primary N) is 1. The number of nitrogens with one attached hydrogen (secondary N) is 1. The van der Waals surface area contributed by atoms with Gasteiger partial charge in [-0.15, -0.1) is 24.8 Å². The molecule has 0 aromatic heterocycles. The van der Waals surface area contributed by atoms with Crippen LogP contribution >= 0.6 is 24.8 Å². The Balaban J connectivity index is 0.000000980. The molecular formula is C10H16Cl2N2O. The molecule has 0 amide bonds. The lowest BCUT2D eigenvalue weighted by molar-refractivity contribution is 0.223. The van der Waals surface area contributed by atoms with Gasteiger partial charge in [0.2, 0.25) is 0 Å². The van der Waals surface area contributed by atoms with Gasteiger partial charge in [-0.1, -0.05) is 0 Å². The Morgan fingerprint density at radius 3 is 2.40 bits per heavy atom. The molecule has 1 atom stereocenters. The molecule has 1 heterocycles. The van der Waals surface area contributed by atoms with Gasteiger partial charge < -0.3 is 15.8 Å². The van der Waals surface area contributed by atoms with Crippen LogP contribution in [0.25, 0.3) is 0 Å². The maximum absolute atomic E-state index is 5.71. The van der Waals surface area contributed by atoms with E-state index in [1.54, 1.807) is 0 Å². The van der Waals surface area contributed by atoms with Crippen molar-refractivity contribution in [2.45, 2.75) is 12.5 Å². The summed E-state index contributed by atoms with van der Waals surface area (Å²) in [5, 5.41) is 3.25. The van der Waals surface area contributed by atoms with Crippen LogP contribution in [0.3, 0.4) is 0 Å². The average Bonchev–Trinajstić information content (AvgIpc) is 2.62. The molecular weight excluding hydrogens is 235 g/mol. The standard InChI is InChI=1S/C10H14N2O.2ClH/c11-8-1-3-9(4-2-8)13-10-5-6-12-7-10;;/h1-4,10,12H,5-7,11H2;2*1H. The minimum absolute atomic E-state index is 0. The fourth-order valence-electron chi connectivity index (χ4n) is 1.47. The van der Waals surface area contributed by atoms with E-state index in [9.17, 15) is 0 Å². The quantitative estimate of drug-likeness (QED) is 0.788. The number of hydrogen-bond acceptors (Lipinski definition) is 3. The van der Waals surface area contributed by atoms with Crippen molar-refractivity contribution in [1.82, 2.24) is 5.32 Å². The van der Waals surface area contributed by atoms with E-state index < -0.39 is 0 Å². The molecule has 0 saturated carbocycles. The van der Waals surface area contributed by atoms with Gasteiger partial charge in [0.25, 0.3) is 0 Å². The summed E-state index contributed by atoms with van der Waals surface area (Å²) in [4.78, 5) is 0. The average molecular weight is 251 g/mol. The number of halogens is 2. The molecule has 0 radical (unpaired) electrons. The van der Waals surface area contributed by atoms with Crippen LogP contribution in [0.2, 0.25) is 0 Å². The van der Waals surface area contributed by atoms with Crippen molar-refractivity contribution in [3.05, 3.63) is 24.3 Å². The number of hydrogen-bond donors (Lipinski definition) is 2. The van der Waals surface area contributed by atoms with Crippen molar-refractivity contribution in [1.29, 1.82) is 0 Å². The van der Waals surface area contributed by atoms with Crippen LogP contribution in [0.5, 0.6) is 5.75 Å². The number of ether oxygens (including phenoxy) is 1. The molecule has 0 aliphatic carbocycles. The molecule has 1 unspecified atom stereocenters. The third kappa shape index (κ3) is 4.16. The van der Waals surface area contributed by atoms with Crippen molar-refractivity contribution < 1.29 is 4.74 Å². The summed E-state index contributed by atoms with van der Waals surface area (Å²) in [6.45, 7) is 2.00. The molecule has 1 aromatic carbocycles. The third-order valence-corrected chi connectivity index (χ3v) is 2.20. The molecule has 2 rings (SSSR count). The van der Waals surface area contributed by atoms with Gasteiger partial charge in [0.05, 0.1) is 0 Å². The summed E-state index contributed by atoms with van der Waals surface area (Å²) in [6, 6.07) is 7.54. The predicted molar refractivity (Wildman–Crippen MR) is 67.3 cm³/mol. The fraction of sp³-hybridized carbons (Fsp3) is 0.400. The smallest absolute Gasteiger partial charge is 0.119 e. The maximum atomic E-state index is 5.71. The van der Waals surface area contributed by atoms with Crippen LogP contribution in [0.1, 0.15) is 6.42 Å². The maximum Gasteiger partial charge on any atom is 0.119 e. The second kappa shape index (κ2) is 6.77. The molecule has 1 saturated heterocycles. The summed E-state index contributed by atoms with van der Waals surface area (Å²) in [6.07, 6.45) is 1.41. The lowest BCUT2D eigenvalue weighted by atomic mass is 10.3. The molecule has 1 aromatic rings. The highest BCUT2D eigenvalue weighted by atomic mass is 35.5. The molecule has 0 spiro atoms. The molecule has 3 N–H and O–H groups in total. The Morgan fingerprint density at radius 2 is 1.87 bits per heavy atom. The van der Waals surface area contributed by atoms with Gasteiger partial charge in [-0.3, -0.25) is 0 Å². The second-order valence-corrected chi connectivity index (χ2v) is 3.30. The predicted octanol–water partition coefficient (Wildman–Crippen LogP) is 1.85. The molecule has 86 valence electrons. The third-order valence-electron chi connectivity index (χ3n) is 2.20. The Morgan fingerprint density at radius 1 is 1.20 bits per heavy atom. The van der Waals surface area contributed by atoms with E-state index in [0.29, 0.717) is 6.10 Å². The molecule has 1 fully saturated rings. The van der Waals surface area contributed by atoms with Gasteiger partial charge in [0, 0.05) is 12.2 Å². The molecule has 1 aliphatic heterocycles. The zero-order valence-electron chi connectivity index (χ0n) is 8.31. The summed E-state index contributed by atoms with van der Waals surface area (Å²) >= 11 is 0. The summed E-state index contributed by atoms with van der Waals surface area (Å²) < 4.78 is 5.71. The van der Waals surface area contributed by atoms with E-state index in [2.05, 4.69) is 5.32 Å². The van der Waals surface area contributed by atoms with Gasteiger partial charge in [0.1, 0.15) is 11.9 Å². The zero-order chi connectivity index (χ0) is 9.10. The van der Waals surface area contributed by atoms with Gasteiger partial charge in [-0.25, -0.2) is 0 Å². The van der Waals surface area contributed by atoms with Crippen LogP contribution in [-0.2, 0) is 0 Å². The van der Waals surface area contributed by atoms with Crippen LogP contribution in [0.15, 0.2) is 24.3 Å². The Kier molecular flexibility index (Phi) is 6.48. The van der Waals surface area contributed by atoms with E-state index in [1.165, 1.54) is 0 Å². The summed E-state index contributed by atoms with van der Waals surface area (Å²) in [5.41, 5.74) is 6.34.